The van der Waals surface area contributed by atoms with Gasteiger partial charge in [-0.25, -0.2) is 0 Å². The SMILES string of the molecule is CC(C)CN(CC(C)C)C(=O)CSc1nnc(-c2ccccc2Cl)o1. The molecule has 0 N–H and O–H groups in total. The van der Waals surface area contributed by atoms with Crippen molar-refractivity contribution in [2.45, 2.75) is 32.9 Å². The molecule has 25 heavy (non-hydrogen) atoms. The van der Waals surface area contributed by atoms with Crippen LogP contribution < -0.4 is 0 Å². The van der Waals surface area contributed by atoms with Gasteiger partial charge in [-0.1, -0.05) is 63.2 Å². The molecule has 0 saturated carbocycles. The highest BCUT2D eigenvalue weighted by Gasteiger charge is 2.18. The fourth-order valence-corrected chi connectivity index (χ4v) is 3.27. The van der Waals surface area contributed by atoms with E-state index < -0.39 is 0 Å². The molecule has 1 amide bonds. The van der Waals surface area contributed by atoms with E-state index in [9.17, 15) is 4.79 Å². The number of halogens is 1. The molecule has 0 saturated heterocycles. The molecule has 1 heterocycles. The Bertz CT molecular complexity index is 693. The number of amides is 1. The first kappa shape index (κ1) is 19.8. The van der Waals surface area contributed by atoms with Gasteiger partial charge in [-0.3, -0.25) is 4.79 Å². The van der Waals surface area contributed by atoms with Crippen molar-refractivity contribution in [3.05, 3.63) is 29.3 Å². The molecule has 7 heteroatoms. The molecular formula is C18H24ClN3O2S. The second-order valence-electron chi connectivity index (χ2n) is 6.73. The molecule has 0 bridgehead atoms. The molecule has 2 aromatic rings. The lowest BCUT2D eigenvalue weighted by atomic mass is 10.1. The smallest absolute Gasteiger partial charge is 0.277 e. The maximum Gasteiger partial charge on any atom is 0.277 e. The molecule has 0 radical (unpaired) electrons. The Balaban J connectivity index is 1.98. The zero-order valence-electron chi connectivity index (χ0n) is 15.0. The minimum absolute atomic E-state index is 0.0879. The number of benzene rings is 1. The number of aromatic nitrogens is 2. The van der Waals surface area contributed by atoms with Crippen molar-refractivity contribution in [2.24, 2.45) is 11.8 Å². The van der Waals surface area contributed by atoms with Crippen molar-refractivity contribution in [2.75, 3.05) is 18.8 Å². The fraction of sp³-hybridized carbons (Fsp3) is 0.500. The third kappa shape index (κ3) is 6.04. The average Bonchev–Trinajstić information content (AvgIpc) is 3.00. The Labute approximate surface area is 158 Å². The van der Waals surface area contributed by atoms with E-state index in [1.54, 1.807) is 6.07 Å². The van der Waals surface area contributed by atoms with Crippen LogP contribution in [-0.4, -0.2) is 39.8 Å². The summed E-state index contributed by atoms with van der Waals surface area (Å²) < 4.78 is 5.63. The largest absolute Gasteiger partial charge is 0.411 e. The van der Waals surface area contributed by atoms with Crippen LogP contribution in [-0.2, 0) is 4.79 Å². The van der Waals surface area contributed by atoms with Crippen molar-refractivity contribution in [3.63, 3.8) is 0 Å². The first-order valence-corrected chi connectivity index (χ1v) is 9.72. The van der Waals surface area contributed by atoms with Crippen LogP contribution in [0.4, 0.5) is 0 Å². The van der Waals surface area contributed by atoms with Crippen molar-refractivity contribution in [3.8, 4) is 11.5 Å². The zero-order chi connectivity index (χ0) is 18.4. The number of thioether (sulfide) groups is 1. The molecule has 0 unspecified atom stereocenters. The van der Waals surface area contributed by atoms with Crippen molar-refractivity contribution in [1.29, 1.82) is 0 Å². The maximum atomic E-state index is 12.5. The van der Waals surface area contributed by atoms with Gasteiger partial charge in [-0.2, -0.15) is 0 Å². The average molecular weight is 382 g/mol. The number of nitrogens with zero attached hydrogens (tertiary/aromatic N) is 3. The van der Waals surface area contributed by atoms with Gasteiger partial charge in [0, 0.05) is 13.1 Å². The predicted octanol–water partition coefficient (Wildman–Crippen LogP) is 4.62. The molecule has 5 nitrogen and oxygen atoms in total. The first-order chi connectivity index (χ1) is 11.9. The molecule has 0 spiro atoms. The number of hydrogen-bond acceptors (Lipinski definition) is 5. The number of carbonyl (C=O) groups excluding carboxylic acids is 1. The number of carbonyl (C=O) groups is 1. The Morgan fingerprint density at radius 3 is 2.40 bits per heavy atom. The van der Waals surface area contributed by atoms with Crippen LogP contribution in [0, 0.1) is 11.8 Å². The maximum absolute atomic E-state index is 12.5. The highest BCUT2D eigenvalue weighted by Crippen LogP contribution is 2.28. The lowest BCUT2D eigenvalue weighted by molar-refractivity contribution is -0.129. The lowest BCUT2D eigenvalue weighted by Crippen LogP contribution is -2.38. The number of rotatable bonds is 8. The second kappa shape index (κ2) is 9.25. The van der Waals surface area contributed by atoms with Gasteiger partial charge in [0.25, 0.3) is 5.22 Å². The molecule has 0 fully saturated rings. The second-order valence-corrected chi connectivity index (χ2v) is 8.06. The minimum Gasteiger partial charge on any atom is -0.411 e. The van der Waals surface area contributed by atoms with E-state index in [0.717, 1.165) is 13.1 Å². The minimum atomic E-state index is 0.0879. The molecule has 1 aromatic heterocycles. The summed E-state index contributed by atoms with van der Waals surface area (Å²) >= 11 is 7.40. The fourth-order valence-electron chi connectivity index (χ4n) is 2.39. The van der Waals surface area contributed by atoms with E-state index in [1.807, 2.05) is 23.1 Å². The molecule has 0 aliphatic carbocycles. The highest BCUT2D eigenvalue weighted by atomic mass is 35.5. The summed E-state index contributed by atoms with van der Waals surface area (Å²) in [5.41, 5.74) is 0.691. The zero-order valence-corrected chi connectivity index (χ0v) is 16.6. The van der Waals surface area contributed by atoms with Gasteiger partial charge in [-0.15, -0.1) is 10.2 Å². The summed E-state index contributed by atoms with van der Waals surface area (Å²) in [5, 5.41) is 8.95. The quantitative estimate of drug-likeness (QED) is 0.624. The van der Waals surface area contributed by atoms with E-state index >= 15 is 0 Å². The summed E-state index contributed by atoms with van der Waals surface area (Å²) in [7, 11) is 0. The normalized spacial score (nSPS) is 11.3. The van der Waals surface area contributed by atoms with E-state index in [2.05, 4.69) is 37.9 Å². The van der Waals surface area contributed by atoms with Gasteiger partial charge < -0.3 is 9.32 Å². The van der Waals surface area contributed by atoms with Crippen molar-refractivity contribution in [1.82, 2.24) is 15.1 Å². The molecule has 0 aliphatic heterocycles. The third-order valence-corrected chi connectivity index (χ3v) is 4.49. The molecular weight excluding hydrogens is 358 g/mol. The first-order valence-electron chi connectivity index (χ1n) is 8.35. The summed E-state index contributed by atoms with van der Waals surface area (Å²) in [6.07, 6.45) is 0. The van der Waals surface area contributed by atoms with Crippen LogP contribution in [0.2, 0.25) is 5.02 Å². The summed E-state index contributed by atoms with van der Waals surface area (Å²) in [6.45, 7) is 9.96. The van der Waals surface area contributed by atoms with Gasteiger partial charge in [-0.05, 0) is 24.0 Å². The van der Waals surface area contributed by atoms with Crippen LogP contribution in [0.5, 0.6) is 0 Å². The Morgan fingerprint density at radius 1 is 1.16 bits per heavy atom. The van der Waals surface area contributed by atoms with E-state index in [0.29, 0.717) is 33.5 Å². The van der Waals surface area contributed by atoms with E-state index in [1.165, 1.54) is 11.8 Å². The van der Waals surface area contributed by atoms with Gasteiger partial charge in [0.05, 0.1) is 16.3 Å². The molecule has 136 valence electrons. The Kier molecular flexibility index (Phi) is 7.32. The summed E-state index contributed by atoms with van der Waals surface area (Å²) in [4.78, 5) is 14.4. The van der Waals surface area contributed by atoms with Crippen LogP contribution in [0.15, 0.2) is 33.9 Å². The molecule has 0 atom stereocenters. The van der Waals surface area contributed by atoms with E-state index in [4.69, 9.17) is 16.0 Å². The van der Waals surface area contributed by atoms with Gasteiger partial charge >= 0.3 is 0 Å². The molecule has 1 aromatic carbocycles. The van der Waals surface area contributed by atoms with Crippen LogP contribution in [0.3, 0.4) is 0 Å². The standard InChI is InChI=1S/C18H24ClN3O2S/c1-12(2)9-22(10-13(3)4)16(23)11-25-18-21-20-17(24-18)14-7-5-6-8-15(14)19/h5-8,12-13H,9-11H2,1-4H3. The highest BCUT2D eigenvalue weighted by molar-refractivity contribution is 7.99. The number of hydrogen-bond donors (Lipinski definition) is 0. The topological polar surface area (TPSA) is 59.2 Å². The monoisotopic (exact) mass is 381 g/mol. The van der Waals surface area contributed by atoms with Gasteiger partial charge in [0.1, 0.15) is 0 Å². The summed E-state index contributed by atoms with van der Waals surface area (Å²) in [5.74, 6) is 1.60. The van der Waals surface area contributed by atoms with Crippen molar-refractivity contribution >= 4 is 29.3 Å². The van der Waals surface area contributed by atoms with Gasteiger partial charge in [0.2, 0.25) is 11.8 Å². The molecule has 0 aliphatic rings. The van der Waals surface area contributed by atoms with Crippen LogP contribution in [0.1, 0.15) is 27.7 Å². The van der Waals surface area contributed by atoms with Crippen molar-refractivity contribution < 1.29 is 9.21 Å². The third-order valence-electron chi connectivity index (χ3n) is 3.35. The Morgan fingerprint density at radius 2 is 1.80 bits per heavy atom. The van der Waals surface area contributed by atoms with Gasteiger partial charge in [0.15, 0.2) is 0 Å². The predicted molar refractivity (Wildman–Crippen MR) is 102 cm³/mol. The van der Waals surface area contributed by atoms with E-state index in [-0.39, 0.29) is 11.7 Å². The lowest BCUT2D eigenvalue weighted by Gasteiger charge is -2.26. The summed E-state index contributed by atoms with van der Waals surface area (Å²) in [6, 6.07) is 7.29. The Hall–Kier alpha value is -1.53. The van der Waals surface area contributed by atoms with Crippen LogP contribution >= 0.6 is 23.4 Å². The van der Waals surface area contributed by atoms with Crippen LogP contribution in [0.25, 0.3) is 11.5 Å². The molecule has 2 rings (SSSR count).